The molecular weight excluding hydrogens is 363 g/mol. The van der Waals surface area contributed by atoms with Crippen LogP contribution < -0.4 is 10.1 Å². The number of ketones is 1. The Labute approximate surface area is 133 Å². The Morgan fingerprint density at radius 3 is 2.45 bits per heavy atom. The molecule has 0 atom stereocenters. The van der Waals surface area contributed by atoms with Crippen LogP contribution in [-0.4, -0.2) is 18.7 Å². The van der Waals surface area contributed by atoms with Gasteiger partial charge in [-0.15, -0.1) is 13.2 Å². The third-order valence-corrected chi connectivity index (χ3v) is 3.22. The average Bonchev–Trinajstić information content (AvgIpc) is 2.45. The van der Waals surface area contributed by atoms with Crippen molar-refractivity contribution in [3.8, 4) is 5.75 Å². The number of alkyl halides is 3. The van der Waals surface area contributed by atoms with Gasteiger partial charge in [0.1, 0.15) is 5.75 Å². The predicted molar refractivity (Wildman–Crippen MR) is 80.1 cm³/mol. The molecule has 0 aliphatic rings. The number of hydrogen-bond acceptors (Lipinski definition) is 3. The van der Waals surface area contributed by atoms with Crippen LogP contribution >= 0.6 is 15.9 Å². The normalized spacial score (nSPS) is 11.1. The lowest BCUT2D eigenvalue weighted by Crippen LogP contribution is -2.18. The van der Waals surface area contributed by atoms with Crippen LogP contribution in [0.5, 0.6) is 5.75 Å². The van der Waals surface area contributed by atoms with E-state index in [0.717, 1.165) is 22.3 Å². The summed E-state index contributed by atoms with van der Waals surface area (Å²) in [6, 6.07) is 12.2. The highest BCUT2D eigenvalue weighted by molar-refractivity contribution is 9.10. The monoisotopic (exact) mass is 373 g/mol. The van der Waals surface area contributed by atoms with Crippen molar-refractivity contribution in [2.24, 2.45) is 0 Å². The first kappa shape index (κ1) is 16.4. The van der Waals surface area contributed by atoms with Gasteiger partial charge in [0.25, 0.3) is 0 Å². The smallest absolute Gasteiger partial charge is 0.406 e. The zero-order chi connectivity index (χ0) is 16.2. The largest absolute Gasteiger partial charge is 0.573 e. The number of carbonyl (C=O) groups excluding carboxylic acids is 1. The van der Waals surface area contributed by atoms with Crippen LogP contribution in [0.4, 0.5) is 18.9 Å². The van der Waals surface area contributed by atoms with Crippen molar-refractivity contribution in [3.63, 3.8) is 0 Å². The van der Waals surface area contributed by atoms with E-state index in [-0.39, 0.29) is 17.9 Å². The molecule has 3 nitrogen and oxygen atoms in total. The van der Waals surface area contributed by atoms with Gasteiger partial charge in [0.15, 0.2) is 5.78 Å². The molecule has 2 aromatic carbocycles. The summed E-state index contributed by atoms with van der Waals surface area (Å²) in [5.41, 5.74) is 0.880. The number of anilines is 1. The van der Waals surface area contributed by atoms with E-state index in [1.807, 2.05) is 12.1 Å². The first-order valence-corrected chi connectivity index (χ1v) is 7.01. The van der Waals surface area contributed by atoms with E-state index in [1.54, 1.807) is 12.1 Å². The molecule has 0 bridgehead atoms. The maximum absolute atomic E-state index is 12.2. The highest BCUT2D eigenvalue weighted by atomic mass is 79.9. The van der Waals surface area contributed by atoms with E-state index in [0.29, 0.717) is 0 Å². The van der Waals surface area contributed by atoms with Crippen molar-refractivity contribution in [3.05, 3.63) is 58.6 Å². The van der Waals surface area contributed by atoms with E-state index in [4.69, 9.17) is 0 Å². The molecule has 0 aliphatic heterocycles. The van der Waals surface area contributed by atoms with Crippen LogP contribution in [0.1, 0.15) is 10.4 Å². The molecular formula is C15H11BrF3NO2. The molecule has 2 rings (SSSR count). The van der Waals surface area contributed by atoms with Gasteiger partial charge >= 0.3 is 6.36 Å². The van der Waals surface area contributed by atoms with Crippen molar-refractivity contribution in [2.45, 2.75) is 6.36 Å². The molecule has 0 amide bonds. The maximum atomic E-state index is 12.2. The lowest BCUT2D eigenvalue weighted by molar-refractivity contribution is -0.274. The zero-order valence-electron chi connectivity index (χ0n) is 11.2. The second-order valence-corrected chi connectivity index (χ2v) is 5.27. The second-order valence-electron chi connectivity index (χ2n) is 4.36. The fourth-order valence-corrected chi connectivity index (χ4v) is 1.98. The highest BCUT2D eigenvalue weighted by Crippen LogP contribution is 2.23. The van der Waals surface area contributed by atoms with Crippen LogP contribution in [0.2, 0.25) is 0 Å². The molecule has 0 fully saturated rings. The summed E-state index contributed by atoms with van der Waals surface area (Å²) in [6.45, 7) is -0.0307. The van der Waals surface area contributed by atoms with Crippen molar-refractivity contribution in [1.29, 1.82) is 0 Å². The molecule has 2 aromatic rings. The minimum atomic E-state index is -4.78. The van der Waals surface area contributed by atoms with Gasteiger partial charge in [0.2, 0.25) is 0 Å². The Bertz CT molecular complexity index is 657. The summed E-state index contributed by atoms with van der Waals surface area (Å²) in [6.07, 6.45) is -4.78. The molecule has 0 aromatic heterocycles. The first-order chi connectivity index (χ1) is 10.3. The summed E-state index contributed by atoms with van der Waals surface area (Å²) in [4.78, 5) is 12.0. The van der Waals surface area contributed by atoms with Gasteiger partial charge in [0, 0.05) is 15.7 Å². The number of Topliss-reactive ketones (excluding diaryl/α,β-unsaturated/α-hetero) is 1. The maximum Gasteiger partial charge on any atom is 0.573 e. The number of ether oxygens (including phenoxy) is 1. The van der Waals surface area contributed by atoms with Crippen molar-refractivity contribution >= 4 is 27.4 Å². The summed E-state index contributed by atoms with van der Waals surface area (Å²) in [5, 5.41) is 2.90. The quantitative estimate of drug-likeness (QED) is 0.775. The fourth-order valence-electron chi connectivity index (χ4n) is 1.72. The molecule has 0 saturated heterocycles. The molecule has 7 heteroatoms. The molecule has 0 aliphatic carbocycles. The SMILES string of the molecule is O=C(CNc1ccc(Br)cc1)c1cccc(OC(F)(F)F)c1. The third-order valence-electron chi connectivity index (χ3n) is 2.69. The Morgan fingerprint density at radius 2 is 1.82 bits per heavy atom. The molecule has 0 spiro atoms. The Morgan fingerprint density at radius 1 is 1.14 bits per heavy atom. The fraction of sp³-hybridized carbons (Fsp3) is 0.133. The third kappa shape index (κ3) is 5.07. The van der Waals surface area contributed by atoms with Crippen molar-refractivity contribution < 1.29 is 22.7 Å². The summed E-state index contributed by atoms with van der Waals surface area (Å²) in [7, 11) is 0. The molecule has 0 radical (unpaired) electrons. The minimum absolute atomic E-state index is 0.0307. The number of benzene rings is 2. The summed E-state index contributed by atoms with van der Waals surface area (Å²) < 4.78 is 41.2. The van der Waals surface area contributed by atoms with Gasteiger partial charge in [-0.25, -0.2) is 0 Å². The first-order valence-electron chi connectivity index (χ1n) is 6.22. The highest BCUT2D eigenvalue weighted by Gasteiger charge is 2.31. The van der Waals surface area contributed by atoms with Gasteiger partial charge in [-0.05, 0) is 36.4 Å². The summed E-state index contributed by atoms with van der Waals surface area (Å²) in [5.74, 6) is -0.752. The van der Waals surface area contributed by atoms with Gasteiger partial charge in [-0.1, -0.05) is 28.1 Å². The van der Waals surface area contributed by atoms with Gasteiger partial charge < -0.3 is 10.1 Å². The molecule has 22 heavy (non-hydrogen) atoms. The second kappa shape index (κ2) is 6.83. The summed E-state index contributed by atoms with van der Waals surface area (Å²) >= 11 is 3.29. The lowest BCUT2D eigenvalue weighted by Gasteiger charge is -2.10. The average molecular weight is 374 g/mol. The number of nitrogens with one attached hydrogen (secondary N) is 1. The number of carbonyl (C=O) groups is 1. The van der Waals surface area contributed by atoms with Crippen molar-refractivity contribution in [1.82, 2.24) is 0 Å². The van der Waals surface area contributed by atoms with Gasteiger partial charge in [0.05, 0.1) is 6.54 Å². The van der Waals surface area contributed by atoms with Crippen LogP contribution in [0, 0.1) is 0 Å². The van der Waals surface area contributed by atoms with Crippen LogP contribution in [0.3, 0.4) is 0 Å². The molecule has 116 valence electrons. The zero-order valence-corrected chi connectivity index (χ0v) is 12.7. The molecule has 0 unspecified atom stereocenters. The Balaban J connectivity index is 2.00. The lowest BCUT2D eigenvalue weighted by atomic mass is 10.1. The molecule has 1 N–H and O–H groups in total. The Kier molecular flexibility index (Phi) is 5.07. The van der Waals surface area contributed by atoms with Gasteiger partial charge in [-0.2, -0.15) is 0 Å². The van der Waals surface area contributed by atoms with Crippen LogP contribution in [-0.2, 0) is 0 Å². The van der Waals surface area contributed by atoms with Gasteiger partial charge in [-0.3, -0.25) is 4.79 Å². The van der Waals surface area contributed by atoms with E-state index in [1.165, 1.54) is 12.1 Å². The topological polar surface area (TPSA) is 38.3 Å². The molecule has 0 saturated carbocycles. The number of hydrogen-bond donors (Lipinski definition) is 1. The predicted octanol–water partition coefficient (Wildman–Crippen LogP) is 4.64. The molecule has 0 heterocycles. The number of halogens is 4. The number of rotatable bonds is 5. The standard InChI is InChI=1S/C15H11BrF3NO2/c16-11-4-6-12(7-5-11)20-9-14(21)10-2-1-3-13(8-10)22-15(17,18)19/h1-8,20H,9H2. The van der Waals surface area contributed by atoms with Crippen molar-refractivity contribution in [2.75, 3.05) is 11.9 Å². The van der Waals surface area contributed by atoms with Crippen LogP contribution in [0.25, 0.3) is 0 Å². The van der Waals surface area contributed by atoms with E-state index in [9.17, 15) is 18.0 Å². The van der Waals surface area contributed by atoms with E-state index in [2.05, 4.69) is 26.0 Å². The van der Waals surface area contributed by atoms with E-state index < -0.39 is 12.1 Å². The Hall–Kier alpha value is -2.02. The minimum Gasteiger partial charge on any atom is -0.406 e. The van der Waals surface area contributed by atoms with Crippen LogP contribution in [0.15, 0.2) is 53.0 Å². The van der Waals surface area contributed by atoms with E-state index >= 15 is 0 Å².